The lowest BCUT2D eigenvalue weighted by atomic mass is 9.82. The largest absolute Gasteiger partial charge is 0.493 e. The minimum Gasteiger partial charge on any atom is -0.493 e. The normalized spacial score (nSPS) is 25.6. The van der Waals surface area contributed by atoms with Gasteiger partial charge in [0.1, 0.15) is 11.9 Å². The van der Waals surface area contributed by atoms with Gasteiger partial charge in [0.05, 0.1) is 18.8 Å². The van der Waals surface area contributed by atoms with E-state index in [2.05, 4.69) is 28.4 Å². The molecule has 3 aliphatic rings. The van der Waals surface area contributed by atoms with Crippen molar-refractivity contribution in [3.05, 3.63) is 64.7 Å². The average Bonchev–Trinajstić information content (AvgIpc) is 3.61. The summed E-state index contributed by atoms with van der Waals surface area (Å²) in [6.45, 7) is 4.86. The fraction of sp³-hybridized carbons (Fsp3) is 0.519. The van der Waals surface area contributed by atoms with Gasteiger partial charge in [0.15, 0.2) is 0 Å². The number of hydrogen-bond acceptors (Lipinski definition) is 4. The molecule has 1 amide bonds. The van der Waals surface area contributed by atoms with Crippen LogP contribution in [0, 0.1) is 11.8 Å². The molecule has 1 unspecified atom stereocenters. The van der Waals surface area contributed by atoms with E-state index in [1.54, 1.807) is 0 Å². The van der Waals surface area contributed by atoms with Gasteiger partial charge >= 0.3 is 0 Å². The number of ether oxygens (including phenoxy) is 1. The van der Waals surface area contributed by atoms with Crippen molar-refractivity contribution in [2.45, 2.75) is 64.0 Å². The maximum absolute atomic E-state index is 13.0. The molecule has 0 saturated heterocycles. The number of aliphatic hydroxyl groups excluding tert-OH is 1. The van der Waals surface area contributed by atoms with Gasteiger partial charge in [0.2, 0.25) is 5.91 Å². The Bertz CT molecular complexity index is 985. The molecule has 2 aliphatic carbocycles. The number of rotatable bonds is 8. The Balaban J connectivity index is 1.15. The lowest BCUT2D eigenvalue weighted by Crippen LogP contribution is -2.40. The van der Waals surface area contributed by atoms with Crippen molar-refractivity contribution in [3.63, 3.8) is 0 Å². The lowest BCUT2D eigenvalue weighted by Gasteiger charge is -2.32. The molecule has 1 aliphatic heterocycles. The summed E-state index contributed by atoms with van der Waals surface area (Å²) in [5.74, 6) is 1.32. The number of hydrogen-bond donors (Lipinski definition) is 2. The van der Waals surface area contributed by atoms with E-state index < -0.39 is 12.3 Å². The van der Waals surface area contributed by atoms with Gasteiger partial charge in [-0.25, -0.2) is 4.39 Å². The van der Waals surface area contributed by atoms with E-state index in [1.807, 2.05) is 31.2 Å². The number of carbonyl (C=O) groups is 1. The van der Waals surface area contributed by atoms with E-state index in [0.29, 0.717) is 25.3 Å². The molecule has 0 spiro atoms. The Kier molecular flexibility index (Phi) is 6.39. The zero-order valence-corrected chi connectivity index (χ0v) is 19.2. The number of alkyl halides is 1. The molecule has 6 heteroatoms. The third kappa shape index (κ3) is 5.39. The smallest absolute Gasteiger partial charge is 0.223 e. The molecule has 5 nitrogen and oxygen atoms in total. The number of carbonyl (C=O) groups excluding carboxylic acids is 1. The third-order valence-corrected chi connectivity index (χ3v) is 7.18. The zero-order chi connectivity index (χ0) is 22.9. The second-order valence-electron chi connectivity index (χ2n) is 10.0. The van der Waals surface area contributed by atoms with Crippen LogP contribution in [-0.2, 0) is 17.9 Å². The van der Waals surface area contributed by atoms with Gasteiger partial charge in [-0.2, -0.15) is 0 Å². The van der Waals surface area contributed by atoms with Gasteiger partial charge in [0, 0.05) is 25.6 Å². The highest BCUT2D eigenvalue weighted by molar-refractivity contribution is 5.80. The molecule has 2 saturated carbocycles. The predicted molar refractivity (Wildman–Crippen MR) is 124 cm³/mol. The van der Waals surface area contributed by atoms with Crippen molar-refractivity contribution >= 4 is 5.91 Å². The molecule has 2 aromatic rings. The number of amides is 1. The Morgan fingerprint density at radius 3 is 2.67 bits per heavy atom. The topological polar surface area (TPSA) is 61.8 Å². The summed E-state index contributed by atoms with van der Waals surface area (Å²) < 4.78 is 18.9. The summed E-state index contributed by atoms with van der Waals surface area (Å²) >= 11 is 0. The van der Waals surface area contributed by atoms with Crippen molar-refractivity contribution in [2.24, 2.45) is 11.8 Å². The average molecular weight is 453 g/mol. The summed E-state index contributed by atoms with van der Waals surface area (Å²) in [6, 6.07) is 14.2. The van der Waals surface area contributed by atoms with Crippen molar-refractivity contribution in [1.82, 2.24) is 10.2 Å². The summed E-state index contributed by atoms with van der Waals surface area (Å²) in [6.07, 6.45) is 1.87. The van der Waals surface area contributed by atoms with Gasteiger partial charge < -0.3 is 15.2 Å². The molecule has 5 rings (SSSR count). The summed E-state index contributed by atoms with van der Waals surface area (Å²) in [7, 11) is 0. The first-order valence-electron chi connectivity index (χ1n) is 12.1. The monoisotopic (exact) mass is 452 g/mol. The third-order valence-electron chi connectivity index (χ3n) is 7.18. The predicted octanol–water partition coefficient (Wildman–Crippen LogP) is 4.45. The number of nitrogens with one attached hydrogen (secondary N) is 1. The van der Waals surface area contributed by atoms with E-state index in [1.165, 1.54) is 12.8 Å². The molecule has 0 radical (unpaired) electrons. The van der Waals surface area contributed by atoms with Gasteiger partial charge in [-0.3, -0.25) is 9.69 Å². The van der Waals surface area contributed by atoms with Crippen molar-refractivity contribution in [3.8, 4) is 5.75 Å². The second kappa shape index (κ2) is 9.43. The minimum atomic E-state index is -0.821. The standard InChI is InChI=1S/C27H33FN2O3/c1-17(29-27(32)22-10-23(28)11-22)20-6-4-18(5-7-20)13-30-14-21-8-9-24(33-16-19-2-3-19)12-25(21)26(31)15-30/h4-9,12,17,19,22-23,26,31H,2-3,10-11,13-16H2,1H3,(H,29,32)/t17-,22?,23?,26?/m0/s1. The molecular weight excluding hydrogens is 419 g/mol. The van der Waals surface area contributed by atoms with Crippen LogP contribution in [0.5, 0.6) is 5.75 Å². The van der Waals surface area contributed by atoms with Gasteiger partial charge in [-0.1, -0.05) is 30.3 Å². The number of nitrogens with zero attached hydrogens (tertiary/aromatic N) is 1. The Labute approximate surface area is 194 Å². The molecule has 2 aromatic carbocycles. The van der Waals surface area contributed by atoms with Crippen LogP contribution >= 0.6 is 0 Å². The Morgan fingerprint density at radius 2 is 1.97 bits per heavy atom. The number of fused-ring (bicyclic) bond motifs is 1. The zero-order valence-electron chi connectivity index (χ0n) is 19.2. The van der Waals surface area contributed by atoms with E-state index in [4.69, 9.17) is 4.74 Å². The van der Waals surface area contributed by atoms with Crippen LogP contribution in [-0.4, -0.2) is 35.2 Å². The maximum Gasteiger partial charge on any atom is 0.223 e. The molecule has 0 aromatic heterocycles. The van der Waals surface area contributed by atoms with Gasteiger partial charge in [-0.15, -0.1) is 0 Å². The molecule has 0 bridgehead atoms. The SMILES string of the molecule is C[C@H](NC(=O)C1CC(F)C1)c1ccc(CN2Cc3ccc(OCC4CC4)cc3C(O)C2)cc1. The second-order valence-corrected chi connectivity index (χ2v) is 10.0. The van der Waals surface area contributed by atoms with Gasteiger partial charge in [-0.05, 0) is 72.9 Å². The van der Waals surface area contributed by atoms with E-state index >= 15 is 0 Å². The minimum absolute atomic E-state index is 0.0532. The molecular formula is C27H33FN2O3. The van der Waals surface area contributed by atoms with Crippen LogP contribution < -0.4 is 10.1 Å². The number of aliphatic hydroxyl groups is 1. The summed E-state index contributed by atoms with van der Waals surface area (Å²) in [5, 5.41) is 13.8. The Hall–Kier alpha value is -2.44. The highest BCUT2D eigenvalue weighted by Crippen LogP contribution is 2.33. The van der Waals surface area contributed by atoms with Crippen LogP contribution in [0.3, 0.4) is 0 Å². The molecule has 1 heterocycles. The summed E-state index contributed by atoms with van der Waals surface area (Å²) in [4.78, 5) is 14.4. The van der Waals surface area contributed by atoms with Gasteiger partial charge in [0.25, 0.3) is 0 Å². The highest BCUT2D eigenvalue weighted by Gasteiger charge is 2.35. The fourth-order valence-corrected chi connectivity index (χ4v) is 4.73. The Morgan fingerprint density at radius 1 is 1.21 bits per heavy atom. The first kappa shape index (κ1) is 22.4. The van der Waals surface area contributed by atoms with E-state index in [9.17, 15) is 14.3 Å². The fourth-order valence-electron chi connectivity index (χ4n) is 4.73. The number of halogens is 1. The quantitative estimate of drug-likeness (QED) is 0.621. The van der Waals surface area contributed by atoms with Crippen LogP contribution in [0.1, 0.15) is 67.0 Å². The first-order valence-corrected chi connectivity index (χ1v) is 12.1. The molecule has 2 N–H and O–H groups in total. The van der Waals surface area contributed by atoms with Crippen molar-refractivity contribution in [1.29, 1.82) is 0 Å². The van der Waals surface area contributed by atoms with Crippen molar-refractivity contribution in [2.75, 3.05) is 13.2 Å². The summed E-state index contributed by atoms with van der Waals surface area (Å²) in [5.41, 5.74) is 4.32. The first-order chi connectivity index (χ1) is 15.9. The highest BCUT2D eigenvalue weighted by atomic mass is 19.1. The number of benzene rings is 2. The number of β-amino-alcohol motifs (C(OH)–C–C–N with tert-alkyl or cyclic N) is 1. The van der Waals surface area contributed by atoms with E-state index in [0.717, 1.165) is 47.7 Å². The van der Waals surface area contributed by atoms with Crippen LogP contribution in [0.25, 0.3) is 0 Å². The molecule has 2 atom stereocenters. The van der Waals surface area contributed by atoms with Crippen LogP contribution in [0.2, 0.25) is 0 Å². The van der Waals surface area contributed by atoms with Crippen LogP contribution in [0.4, 0.5) is 4.39 Å². The van der Waals surface area contributed by atoms with Crippen LogP contribution in [0.15, 0.2) is 42.5 Å². The van der Waals surface area contributed by atoms with Crippen molar-refractivity contribution < 1.29 is 19.0 Å². The molecule has 2 fully saturated rings. The molecule has 33 heavy (non-hydrogen) atoms. The lowest BCUT2D eigenvalue weighted by molar-refractivity contribution is -0.130. The van der Waals surface area contributed by atoms with E-state index in [-0.39, 0.29) is 17.9 Å². The molecule has 176 valence electrons. The maximum atomic E-state index is 13.0.